The van der Waals surface area contributed by atoms with Crippen molar-refractivity contribution in [2.24, 2.45) is 5.73 Å². The summed E-state index contributed by atoms with van der Waals surface area (Å²) in [6, 6.07) is 7.30. The first-order valence-electron chi connectivity index (χ1n) is 7.07. The first-order valence-corrected chi connectivity index (χ1v) is 8.73. The molecule has 0 unspecified atom stereocenters. The highest BCUT2D eigenvalue weighted by atomic mass is 32.2. The smallest absolute Gasteiger partial charge is 0.180 e. The largest absolute Gasteiger partial charge is 0.368 e. The van der Waals surface area contributed by atoms with Gasteiger partial charge in [0.1, 0.15) is 0 Å². The molecule has 1 heterocycles. The molecular formula is C14H23N3O2S. The van der Waals surface area contributed by atoms with Crippen LogP contribution in [0.25, 0.3) is 0 Å². The molecule has 2 N–H and O–H groups in total. The van der Waals surface area contributed by atoms with E-state index in [4.69, 9.17) is 5.73 Å². The van der Waals surface area contributed by atoms with Gasteiger partial charge in [0, 0.05) is 39.3 Å². The van der Waals surface area contributed by atoms with E-state index in [0.717, 1.165) is 38.4 Å². The van der Waals surface area contributed by atoms with Crippen molar-refractivity contribution in [1.82, 2.24) is 4.90 Å². The topological polar surface area (TPSA) is 66.6 Å². The second-order valence-corrected chi connectivity index (χ2v) is 7.24. The molecule has 1 aromatic rings. The van der Waals surface area contributed by atoms with Crippen LogP contribution < -0.4 is 10.6 Å². The third kappa shape index (κ3) is 3.31. The molecule has 1 aliphatic rings. The van der Waals surface area contributed by atoms with Gasteiger partial charge in [-0.05, 0) is 12.1 Å². The molecule has 1 fully saturated rings. The molecule has 0 amide bonds. The zero-order valence-electron chi connectivity index (χ0n) is 12.0. The second-order valence-electron chi connectivity index (χ2n) is 4.99. The molecule has 1 aliphatic heterocycles. The van der Waals surface area contributed by atoms with Crippen LogP contribution in [0.15, 0.2) is 29.2 Å². The normalized spacial score (nSPS) is 17.4. The number of sulfone groups is 1. The summed E-state index contributed by atoms with van der Waals surface area (Å²) in [5, 5.41) is 0. The molecule has 0 aliphatic carbocycles. The van der Waals surface area contributed by atoms with Crippen LogP contribution >= 0.6 is 0 Å². The predicted octanol–water partition coefficient (Wildman–Crippen LogP) is 0.561. The molecule has 0 spiro atoms. The van der Waals surface area contributed by atoms with E-state index in [1.807, 2.05) is 12.1 Å². The average molecular weight is 297 g/mol. The predicted molar refractivity (Wildman–Crippen MR) is 81.9 cm³/mol. The van der Waals surface area contributed by atoms with Crippen molar-refractivity contribution in [2.75, 3.05) is 49.9 Å². The molecule has 0 atom stereocenters. The minimum Gasteiger partial charge on any atom is -0.368 e. The van der Waals surface area contributed by atoms with E-state index in [1.165, 1.54) is 0 Å². The standard InChI is InChI=1S/C14H23N3O2S/c1-2-20(18,19)14-6-4-3-5-13(14)17-11-9-16(8-7-15)10-12-17/h3-6H,2,7-12,15H2,1H3. The lowest BCUT2D eigenvalue weighted by molar-refractivity contribution is 0.264. The first kappa shape index (κ1) is 15.3. The van der Waals surface area contributed by atoms with Crippen LogP contribution in [0.1, 0.15) is 6.92 Å². The number of nitrogens with zero attached hydrogens (tertiary/aromatic N) is 2. The van der Waals surface area contributed by atoms with Gasteiger partial charge in [0.2, 0.25) is 0 Å². The van der Waals surface area contributed by atoms with Gasteiger partial charge in [-0.2, -0.15) is 0 Å². The Labute approximate surface area is 121 Å². The monoisotopic (exact) mass is 297 g/mol. The van der Waals surface area contributed by atoms with E-state index in [-0.39, 0.29) is 5.75 Å². The average Bonchev–Trinajstić information content (AvgIpc) is 2.48. The number of piperazine rings is 1. The van der Waals surface area contributed by atoms with Gasteiger partial charge in [-0.3, -0.25) is 4.90 Å². The maximum atomic E-state index is 12.2. The number of para-hydroxylation sites is 1. The van der Waals surface area contributed by atoms with Gasteiger partial charge in [0.25, 0.3) is 0 Å². The number of anilines is 1. The van der Waals surface area contributed by atoms with Gasteiger partial charge < -0.3 is 10.6 Å². The van der Waals surface area contributed by atoms with Crippen LogP contribution in [0.4, 0.5) is 5.69 Å². The Morgan fingerprint density at radius 2 is 1.80 bits per heavy atom. The summed E-state index contributed by atoms with van der Waals surface area (Å²) in [5.74, 6) is 0.136. The van der Waals surface area contributed by atoms with E-state index < -0.39 is 9.84 Å². The molecule has 112 valence electrons. The highest BCUT2D eigenvalue weighted by Gasteiger charge is 2.23. The number of rotatable bonds is 5. The van der Waals surface area contributed by atoms with E-state index in [9.17, 15) is 8.42 Å². The summed E-state index contributed by atoms with van der Waals surface area (Å²) in [4.78, 5) is 4.93. The van der Waals surface area contributed by atoms with Gasteiger partial charge >= 0.3 is 0 Å². The van der Waals surface area contributed by atoms with Gasteiger partial charge in [0.15, 0.2) is 9.84 Å². The fraction of sp³-hybridized carbons (Fsp3) is 0.571. The van der Waals surface area contributed by atoms with Crippen LogP contribution in [0.3, 0.4) is 0 Å². The zero-order valence-corrected chi connectivity index (χ0v) is 12.8. The lowest BCUT2D eigenvalue weighted by atomic mass is 10.2. The Hall–Kier alpha value is -1.11. The van der Waals surface area contributed by atoms with Crippen LogP contribution in [0, 0.1) is 0 Å². The molecule has 0 bridgehead atoms. The zero-order chi connectivity index (χ0) is 14.6. The van der Waals surface area contributed by atoms with Crippen LogP contribution in [-0.2, 0) is 9.84 Å². The number of hydrogen-bond donors (Lipinski definition) is 1. The summed E-state index contributed by atoms with van der Waals surface area (Å²) in [5.41, 5.74) is 6.40. The number of hydrogen-bond acceptors (Lipinski definition) is 5. The second kappa shape index (κ2) is 6.56. The molecule has 0 radical (unpaired) electrons. The molecule has 1 aromatic carbocycles. The highest BCUT2D eigenvalue weighted by Crippen LogP contribution is 2.26. The van der Waals surface area contributed by atoms with Gasteiger partial charge in [-0.15, -0.1) is 0 Å². The lowest BCUT2D eigenvalue weighted by Crippen LogP contribution is -2.48. The summed E-state index contributed by atoms with van der Waals surface area (Å²) in [6.07, 6.45) is 0. The molecule has 5 nitrogen and oxygen atoms in total. The fourth-order valence-corrected chi connectivity index (χ4v) is 3.64. The molecule has 2 rings (SSSR count). The van der Waals surface area contributed by atoms with E-state index in [1.54, 1.807) is 19.1 Å². The summed E-state index contributed by atoms with van der Waals surface area (Å²) in [7, 11) is -3.18. The van der Waals surface area contributed by atoms with Crippen molar-refractivity contribution in [3.8, 4) is 0 Å². The molecule has 0 saturated carbocycles. The Balaban J connectivity index is 2.19. The van der Waals surface area contributed by atoms with Crippen LogP contribution in [0.5, 0.6) is 0 Å². The molecule has 0 aromatic heterocycles. The highest BCUT2D eigenvalue weighted by molar-refractivity contribution is 7.91. The maximum Gasteiger partial charge on any atom is 0.180 e. The van der Waals surface area contributed by atoms with E-state index in [2.05, 4.69) is 9.80 Å². The van der Waals surface area contributed by atoms with Gasteiger partial charge in [0.05, 0.1) is 16.3 Å². The van der Waals surface area contributed by atoms with Gasteiger partial charge in [-0.25, -0.2) is 8.42 Å². The van der Waals surface area contributed by atoms with Crippen LogP contribution in [0.2, 0.25) is 0 Å². The molecule has 20 heavy (non-hydrogen) atoms. The van der Waals surface area contributed by atoms with E-state index in [0.29, 0.717) is 11.4 Å². The van der Waals surface area contributed by atoms with Crippen molar-refractivity contribution in [1.29, 1.82) is 0 Å². The molecule has 1 saturated heterocycles. The van der Waals surface area contributed by atoms with Crippen molar-refractivity contribution in [3.05, 3.63) is 24.3 Å². The number of nitrogens with two attached hydrogens (primary N) is 1. The van der Waals surface area contributed by atoms with Crippen molar-refractivity contribution in [2.45, 2.75) is 11.8 Å². The minimum absolute atomic E-state index is 0.136. The minimum atomic E-state index is -3.18. The van der Waals surface area contributed by atoms with Crippen LogP contribution in [-0.4, -0.2) is 58.3 Å². The number of benzene rings is 1. The summed E-state index contributed by atoms with van der Waals surface area (Å²) in [6.45, 7) is 6.80. The molecule has 6 heteroatoms. The third-order valence-corrected chi connectivity index (χ3v) is 5.51. The third-order valence-electron chi connectivity index (χ3n) is 3.74. The fourth-order valence-electron chi connectivity index (χ4n) is 2.53. The SMILES string of the molecule is CCS(=O)(=O)c1ccccc1N1CCN(CCN)CC1. The Morgan fingerprint density at radius 3 is 2.40 bits per heavy atom. The Bertz CT molecular complexity index is 537. The maximum absolute atomic E-state index is 12.2. The Kier molecular flexibility index (Phi) is 5.01. The first-order chi connectivity index (χ1) is 9.58. The quantitative estimate of drug-likeness (QED) is 0.860. The Morgan fingerprint density at radius 1 is 1.15 bits per heavy atom. The summed E-state index contributed by atoms with van der Waals surface area (Å²) < 4.78 is 24.4. The van der Waals surface area contributed by atoms with E-state index >= 15 is 0 Å². The van der Waals surface area contributed by atoms with Crippen molar-refractivity contribution >= 4 is 15.5 Å². The molecular weight excluding hydrogens is 274 g/mol. The lowest BCUT2D eigenvalue weighted by Gasteiger charge is -2.36. The summed E-state index contributed by atoms with van der Waals surface area (Å²) >= 11 is 0. The van der Waals surface area contributed by atoms with Crippen molar-refractivity contribution < 1.29 is 8.42 Å². The van der Waals surface area contributed by atoms with Crippen molar-refractivity contribution in [3.63, 3.8) is 0 Å². The van der Waals surface area contributed by atoms with Gasteiger partial charge in [-0.1, -0.05) is 19.1 Å².